The van der Waals surface area contributed by atoms with Crippen LogP contribution in [0.1, 0.15) is 26.3 Å². The normalized spacial score (nSPS) is 16.6. The average molecular weight is 447 g/mol. The Morgan fingerprint density at radius 2 is 1.94 bits per heavy atom. The van der Waals surface area contributed by atoms with Gasteiger partial charge in [-0.2, -0.15) is 18.3 Å². The smallest absolute Gasteiger partial charge is 0.382 e. The molecule has 0 saturated carbocycles. The number of pyridine rings is 1. The van der Waals surface area contributed by atoms with Gasteiger partial charge >= 0.3 is 6.18 Å². The molecule has 2 amide bonds. The monoisotopic (exact) mass is 447 g/mol. The molecular weight excluding hydrogens is 427 g/mol. The lowest BCUT2D eigenvalue weighted by Crippen LogP contribution is -2.64. The quantitative estimate of drug-likeness (QED) is 0.646. The van der Waals surface area contributed by atoms with E-state index in [2.05, 4.69) is 15.1 Å². The van der Waals surface area contributed by atoms with Gasteiger partial charge in [0.1, 0.15) is 23.2 Å². The Bertz CT molecular complexity index is 1240. The summed E-state index contributed by atoms with van der Waals surface area (Å²) < 4.78 is 41.9. The zero-order valence-corrected chi connectivity index (χ0v) is 17.5. The standard InChI is InChI=1S/C20H20F3N7O2/c1-11(31)29-8-7-28(18(32)19(29,2)3)15-6-4-5-13(27-15)14-9-12(20(21,22)23)16-17(24)25-10-26-30(14)16/h4-6,9-10H,7-8H2,1-3H3,(H2,24,25,26). The molecule has 32 heavy (non-hydrogen) atoms. The molecule has 0 aliphatic carbocycles. The van der Waals surface area contributed by atoms with Crippen LogP contribution in [0, 0.1) is 0 Å². The van der Waals surface area contributed by atoms with Crippen LogP contribution in [0.5, 0.6) is 0 Å². The predicted molar refractivity (Wildman–Crippen MR) is 109 cm³/mol. The Kier molecular flexibility index (Phi) is 4.83. The van der Waals surface area contributed by atoms with E-state index in [-0.39, 0.29) is 46.9 Å². The number of nitrogens with two attached hydrogens (primary N) is 1. The molecule has 9 nitrogen and oxygen atoms in total. The molecule has 0 atom stereocenters. The number of carbonyl (C=O) groups is 2. The zero-order chi connectivity index (χ0) is 23.4. The van der Waals surface area contributed by atoms with E-state index in [4.69, 9.17) is 5.73 Å². The maximum Gasteiger partial charge on any atom is 0.418 e. The summed E-state index contributed by atoms with van der Waals surface area (Å²) in [7, 11) is 0. The van der Waals surface area contributed by atoms with Crippen molar-refractivity contribution in [3.63, 3.8) is 0 Å². The minimum atomic E-state index is -4.68. The molecule has 0 bridgehead atoms. The first-order valence-electron chi connectivity index (χ1n) is 9.70. The summed E-state index contributed by atoms with van der Waals surface area (Å²) >= 11 is 0. The molecule has 0 spiro atoms. The van der Waals surface area contributed by atoms with Gasteiger partial charge in [0.2, 0.25) is 5.91 Å². The summed E-state index contributed by atoms with van der Waals surface area (Å²) in [5, 5.41) is 3.92. The predicted octanol–water partition coefficient (Wildman–Crippen LogP) is 2.37. The lowest BCUT2D eigenvalue weighted by molar-refractivity contribution is -0.145. The maximum atomic E-state index is 13.6. The van der Waals surface area contributed by atoms with Gasteiger partial charge in [-0.15, -0.1) is 0 Å². The minimum absolute atomic E-state index is 0.0531. The molecule has 4 rings (SSSR count). The van der Waals surface area contributed by atoms with Crippen LogP contribution in [0.2, 0.25) is 0 Å². The number of piperazine rings is 1. The van der Waals surface area contributed by atoms with Gasteiger partial charge in [-0.3, -0.25) is 14.5 Å². The highest BCUT2D eigenvalue weighted by Crippen LogP contribution is 2.38. The van der Waals surface area contributed by atoms with Crippen LogP contribution in [-0.2, 0) is 15.8 Å². The summed E-state index contributed by atoms with van der Waals surface area (Å²) in [6, 6.07) is 5.61. The largest absolute Gasteiger partial charge is 0.418 e. The number of carbonyl (C=O) groups excluding carboxylic acids is 2. The van der Waals surface area contributed by atoms with Gasteiger partial charge in [-0.1, -0.05) is 6.07 Å². The summed E-state index contributed by atoms with van der Waals surface area (Å²) in [5.41, 5.74) is 3.49. The summed E-state index contributed by atoms with van der Waals surface area (Å²) in [5.74, 6) is -0.617. The number of aromatic nitrogens is 4. The Hall–Kier alpha value is -3.70. The van der Waals surface area contributed by atoms with Crippen molar-refractivity contribution in [1.29, 1.82) is 0 Å². The highest BCUT2D eigenvalue weighted by molar-refractivity contribution is 6.02. The van der Waals surface area contributed by atoms with E-state index < -0.39 is 17.3 Å². The molecule has 2 N–H and O–H groups in total. The Morgan fingerprint density at radius 3 is 2.59 bits per heavy atom. The topological polar surface area (TPSA) is 110 Å². The number of amides is 2. The highest BCUT2D eigenvalue weighted by atomic mass is 19.4. The van der Waals surface area contributed by atoms with Crippen molar-refractivity contribution in [1.82, 2.24) is 24.5 Å². The van der Waals surface area contributed by atoms with Gasteiger partial charge in [0.25, 0.3) is 5.91 Å². The second-order valence-electron chi connectivity index (χ2n) is 7.91. The van der Waals surface area contributed by atoms with Crippen LogP contribution in [0.15, 0.2) is 30.6 Å². The first-order valence-corrected chi connectivity index (χ1v) is 9.70. The number of alkyl halides is 3. The number of halogens is 3. The molecule has 0 unspecified atom stereocenters. The van der Waals surface area contributed by atoms with Crippen molar-refractivity contribution in [2.24, 2.45) is 0 Å². The van der Waals surface area contributed by atoms with Crippen LogP contribution in [0.4, 0.5) is 24.8 Å². The molecule has 1 aliphatic heterocycles. The molecule has 3 aromatic rings. The summed E-state index contributed by atoms with van der Waals surface area (Å²) in [6.45, 7) is 5.18. The molecule has 4 heterocycles. The van der Waals surface area contributed by atoms with Crippen molar-refractivity contribution in [2.75, 3.05) is 23.7 Å². The second kappa shape index (κ2) is 7.18. The van der Waals surface area contributed by atoms with Crippen LogP contribution < -0.4 is 10.6 Å². The van der Waals surface area contributed by atoms with Crippen molar-refractivity contribution in [3.8, 4) is 11.4 Å². The molecule has 12 heteroatoms. The molecule has 1 fully saturated rings. The molecule has 1 saturated heterocycles. The zero-order valence-electron chi connectivity index (χ0n) is 17.5. The minimum Gasteiger partial charge on any atom is -0.382 e. The highest BCUT2D eigenvalue weighted by Gasteiger charge is 2.44. The molecule has 0 aromatic carbocycles. The summed E-state index contributed by atoms with van der Waals surface area (Å²) in [6.07, 6.45) is -3.62. The van der Waals surface area contributed by atoms with Crippen LogP contribution in [0.25, 0.3) is 16.9 Å². The van der Waals surface area contributed by atoms with Crippen molar-refractivity contribution < 1.29 is 22.8 Å². The Labute approximate surface area is 180 Å². The van der Waals surface area contributed by atoms with Crippen molar-refractivity contribution in [2.45, 2.75) is 32.5 Å². The van der Waals surface area contributed by atoms with E-state index in [1.807, 2.05) is 0 Å². The van der Waals surface area contributed by atoms with Gasteiger partial charge in [-0.25, -0.2) is 14.5 Å². The third-order valence-electron chi connectivity index (χ3n) is 5.53. The van der Waals surface area contributed by atoms with E-state index in [0.29, 0.717) is 6.54 Å². The number of rotatable bonds is 2. The maximum absolute atomic E-state index is 13.6. The lowest BCUT2D eigenvalue weighted by atomic mass is 9.97. The SMILES string of the molecule is CC(=O)N1CCN(c2cccc(-c3cc(C(F)(F)F)c4c(N)ncnn34)n2)C(=O)C1(C)C. The van der Waals surface area contributed by atoms with Gasteiger partial charge < -0.3 is 10.6 Å². The second-order valence-corrected chi connectivity index (χ2v) is 7.91. The Morgan fingerprint density at radius 1 is 1.22 bits per heavy atom. The molecular formula is C20H20F3N7O2. The number of hydrogen-bond donors (Lipinski definition) is 1. The number of nitrogen functional groups attached to an aromatic ring is 1. The lowest BCUT2D eigenvalue weighted by Gasteiger charge is -2.45. The fraction of sp³-hybridized carbons (Fsp3) is 0.350. The fourth-order valence-electron chi connectivity index (χ4n) is 3.98. The van der Waals surface area contributed by atoms with Gasteiger partial charge in [-0.05, 0) is 32.0 Å². The molecule has 3 aromatic heterocycles. The van der Waals surface area contributed by atoms with Gasteiger partial charge in [0.05, 0.1) is 17.0 Å². The first-order chi connectivity index (χ1) is 14.9. The average Bonchev–Trinajstić information content (AvgIpc) is 3.11. The van der Waals surface area contributed by atoms with Crippen LogP contribution >= 0.6 is 0 Å². The first kappa shape index (κ1) is 21.5. The summed E-state index contributed by atoms with van der Waals surface area (Å²) in [4.78, 5) is 36.0. The molecule has 1 aliphatic rings. The molecule has 168 valence electrons. The third kappa shape index (κ3) is 3.31. The van der Waals surface area contributed by atoms with Crippen molar-refractivity contribution >= 4 is 29.0 Å². The van der Waals surface area contributed by atoms with Crippen LogP contribution in [-0.4, -0.2) is 54.9 Å². The fourth-order valence-corrected chi connectivity index (χ4v) is 3.98. The molecule has 0 radical (unpaired) electrons. The van der Waals surface area contributed by atoms with E-state index >= 15 is 0 Å². The van der Waals surface area contributed by atoms with Crippen molar-refractivity contribution in [3.05, 3.63) is 36.2 Å². The Balaban J connectivity index is 1.80. The van der Waals surface area contributed by atoms with E-state index in [1.54, 1.807) is 26.0 Å². The third-order valence-corrected chi connectivity index (χ3v) is 5.53. The van der Waals surface area contributed by atoms with Crippen LogP contribution in [0.3, 0.4) is 0 Å². The number of nitrogens with zero attached hydrogens (tertiary/aromatic N) is 6. The van der Waals surface area contributed by atoms with E-state index in [0.717, 1.165) is 16.9 Å². The van der Waals surface area contributed by atoms with E-state index in [9.17, 15) is 22.8 Å². The van der Waals surface area contributed by atoms with E-state index in [1.165, 1.54) is 22.8 Å². The van der Waals surface area contributed by atoms with Gasteiger partial charge in [0, 0.05) is 20.0 Å². The number of fused-ring (bicyclic) bond motifs is 1. The number of anilines is 2. The van der Waals surface area contributed by atoms with Gasteiger partial charge in [0.15, 0.2) is 5.82 Å². The number of hydrogen-bond acceptors (Lipinski definition) is 6.